The van der Waals surface area contributed by atoms with Crippen LogP contribution in [0.2, 0.25) is 0 Å². The van der Waals surface area contributed by atoms with E-state index in [0.717, 1.165) is 50.0 Å². The molecular weight excluding hydrogens is 681 g/mol. The number of aromatic nitrogens is 2. The molecule has 54 heavy (non-hydrogen) atoms. The Bertz CT molecular complexity index is 2190. The number of rotatable bonds is 12. The maximum Gasteiger partial charge on any atom is 0.328 e. The average molecular weight is 725 g/mol. The lowest BCUT2D eigenvalue weighted by molar-refractivity contribution is -0.276. The van der Waals surface area contributed by atoms with Crippen molar-refractivity contribution in [2.24, 2.45) is 5.92 Å². The summed E-state index contributed by atoms with van der Waals surface area (Å²) in [4.78, 5) is 30.0. The Morgan fingerprint density at radius 2 is 1.54 bits per heavy atom. The van der Waals surface area contributed by atoms with Gasteiger partial charge in [0.25, 0.3) is 0 Å². The van der Waals surface area contributed by atoms with Crippen molar-refractivity contribution in [3.05, 3.63) is 162 Å². The predicted octanol–water partition coefficient (Wildman–Crippen LogP) is 7.27. The molecule has 0 aliphatic carbocycles. The Labute approximate surface area is 314 Å². The number of urea groups is 1. The fourth-order valence-electron chi connectivity index (χ4n) is 6.98. The number of hydrogen-bond donors (Lipinski definition) is 3. The van der Waals surface area contributed by atoms with Gasteiger partial charge in [-0.1, -0.05) is 110 Å². The second kappa shape index (κ2) is 16.9. The smallest absolute Gasteiger partial charge is 0.328 e. The van der Waals surface area contributed by atoms with Gasteiger partial charge >= 0.3 is 12.0 Å². The van der Waals surface area contributed by atoms with Gasteiger partial charge in [-0.2, -0.15) is 0 Å². The SMILES string of the molecule is COC(=O)[C@H](Cc1ccccc1)NC(=O)NCc1cccc(-c2cccc([C@H]3O[C@@H](Cn4cnc5ccccc54)[C@@H](C)[C@@H](c4ccc(CO)cc4)O3)c2)c1. The molecule has 0 spiro atoms. The van der Waals surface area contributed by atoms with E-state index in [2.05, 4.69) is 39.2 Å². The Morgan fingerprint density at radius 3 is 2.31 bits per heavy atom. The molecule has 2 amide bonds. The van der Waals surface area contributed by atoms with E-state index >= 15 is 0 Å². The number of hydrogen-bond acceptors (Lipinski definition) is 7. The molecule has 5 aromatic carbocycles. The summed E-state index contributed by atoms with van der Waals surface area (Å²) in [7, 11) is 1.31. The van der Waals surface area contributed by atoms with Crippen molar-refractivity contribution in [1.29, 1.82) is 0 Å². The van der Waals surface area contributed by atoms with Gasteiger partial charge in [0.1, 0.15) is 6.04 Å². The first-order valence-corrected chi connectivity index (χ1v) is 18.1. The van der Waals surface area contributed by atoms with Crippen molar-refractivity contribution in [3.8, 4) is 11.1 Å². The molecule has 10 nitrogen and oxygen atoms in total. The summed E-state index contributed by atoms with van der Waals surface area (Å²) < 4.78 is 20.6. The highest BCUT2D eigenvalue weighted by Crippen LogP contribution is 2.43. The number of nitrogens with zero attached hydrogens (tertiary/aromatic N) is 2. The third-order valence-electron chi connectivity index (χ3n) is 9.97. The van der Waals surface area contributed by atoms with E-state index in [9.17, 15) is 14.7 Å². The van der Waals surface area contributed by atoms with Crippen molar-refractivity contribution in [1.82, 2.24) is 20.2 Å². The van der Waals surface area contributed by atoms with Crippen LogP contribution in [0.1, 0.15) is 47.1 Å². The van der Waals surface area contributed by atoms with Gasteiger partial charge in [0.15, 0.2) is 6.29 Å². The van der Waals surface area contributed by atoms with Crippen molar-refractivity contribution in [3.63, 3.8) is 0 Å². The summed E-state index contributed by atoms with van der Waals surface area (Å²) >= 11 is 0. The number of benzene rings is 5. The molecule has 1 aliphatic heterocycles. The standard InChI is InChI=1S/C44H44N4O6/c1-29-40(26-48-28-46-37-16-6-7-17-39(37)48)53-43(54-41(29)33-20-18-31(27-49)19-21-33)36-15-9-14-35(24-36)34-13-8-12-32(22-34)25-45-44(51)47-38(42(50)52-2)23-30-10-4-3-5-11-30/h3-22,24,28-29,38,40-41,43,49H,23,25-27H2,1-2H3,(H2,45,47,51)/t29-,38+,40+,41+,43+/m1/s1. The molecule has 1 aromatic heterocycles. The molecule has 7 rings (SSSR count). The van der Waals surface area contributed by atoms with E-state index in [4.69, 9.17) is 14.2 Å². The average Bonchev–Trinajstić information content (AvgIpc) is 3.63. The van der Waals surface area contributed by atoms with Crippen LogP contribution >= 0.6 is 0 Å². The van der Waals surface area contributed by atoms with Crippen LogP contribution in [0.15, 0.2) is 134 Å². The molecule has 0 radical (unpaired) electrons. The zero-order valence-corrected chi connectivity index (χ0v) is 30.3. The lowest BCUT2D eigenvalue weighted by Gasteiger charge is -2.41. The molecule has 0 bridgehead atoms. The van der Waals surface area contributed by atoms with E-state index in [1.807, 2.05) is 122 Å². The number of imidazole rings is 1. The summed E-state index contributed by atoms with van der Waals surface area (Å²) in [6, 6.07) is 40.3. The fourth-order valence-corrected chi connectivity index (χ4v) is 6.98. The highest BCUT2D eigenvalue weighted by molar-refractivity contribution is 5.83. The minimum absolute atomic E-state index is 0.00758. The normalized spacial score (nSPS) is 18.9. The molecular formula is C44H44N4O6. The number of methoxy groups -OCH3 is 1. The van der Waals surface area contributed by atoms with Gasteiger partial charge in [-0.15, -0.1) is 0 Å². The lowest BCUT2D eigenvalue weighted by Crippen LogP contribution is -2.47. The molecule has 3 N–H and O–H groups in total. The number of ether oxygens (including phenoxy) is 3. The van der Waals surface area contributed by atoms with Crippen LogP contribution < -0.4 is 10.6 Å². The number of fused-ring (bicyclic) bond motifs is 1. The number of aliphatic hydroxyl groups is 1. The van der Waals surface area contributed by atoms with Gasteiger partial charge in [0, 0.05) is 24.4 Å². The minimum atomic E-state index is -0.822. The molecule has 0 saturated carbocycles. The first-order valence-electron chi connectivity index (χ1n) is 18.1. The third kappa shape index (κ3) is 8.52. The number of esters is 1. The Morgan fingerprint density at radius 1 is 0.815 bits per heavy atom. The van der Waals surface area contributed by atoms with Crippen LogP contribution in [-0.2, 0) is 45.1 Å². The highest BCUT2D eigenvalue weighted by atomic mass is 16.7. The van der Waals surface area contributed by atoms with Crippen LogP contribution in [0.4, 0.5) is 4.79 Å². The number of carbonyl (C=O) groups is 2. The second-order valence-corrected chi connectivity index (χ2v) is 13.6. The second-order valence-electron chi connectivity index (χ2n) is 13.6. The zero-order chi connectivity index (χ0) is 37.4. The van der Waals surface area contributed by atoms with E-state index in [0.29, 0.717) is 13.0 Å². The predicted molar refractivity (Wildman–Crippen MR) is 206 cm³/mol. The molecule has 0 unspecified atom stereocenters. The molecule has 276 valence electrons. The monoisotopic (exact) mass is 724 g/mol. The Balaban J connectivity index is 1.08. The molecule has 1 aliphatic rings. The van der Waals surface area contributed by atoms with E-state index in [1.165, 1.54) is 7.11 Å². The third-order valence-corrected chi connectivity index (χ3v) is 9.97. The van der Waals surface area contributed by atoms with Gasteiger partial charge in [0.05, 0.1) is 49.8 Å². The molecule has 1 fully saturated rings. The van der Waals surface area contributed by atoms with Crippen LogP contribution in [0.25, 0.3) is 22.2 Å². The Hall–Kier alpha value is -5.81. The van der Waals surface area contributed by atoms with Gasteiger partial charge < -0.3 is 34.5 Å². The van der Waals surface area contributed by atoms with E-state index in [-0.39, 0.29) is 31.3 Å². The van der Waals surface area contributed by atoms with Crippen LogP contribution in [-0.4, -0.2) is 45.9 Å². The molecule has 10 heteroatoms. The van der Waals surface area contributed by atoms with Gasteiger partial charge in [-0.3, -0.25) is 0 Å². The molecule has 5 atom stereocenters. The summed E-state index contributed by atoms with van der Waals surface area (Å²) in [5.41, 5.74) is 8.47. The number of amides is 2. The van der Waals surface area contributed by atoms with Gasteiger partial charge in [-0.25, -0.2) is 14.6 Å². The van der Waals surface area contributed by atoms with Crippen LogP contribution in [0.5, 0.6) is 0 Å². The van der Waals surface area contributed by atoms with Gasteiger partial charge in [-0.05, 0) is 57.6 Å². The van der Waals surface area contributed by atoms with Crippen LogP contribution in [0, 0.1) is 5.92 Å². The minimum Gasteiger partial charge on any atom is -0.467 e. The number of aliphatic hydroxyl groups excluding tert-OH is 1. The summed E-state index contributed by atoms with van der Waals surface area (Å²) in [6.07, 6.45) is 1.09. The number of nitrogens with one attached hydrogen (secondary N) is 2. The topological polar surface area (TPSA) is 124 Å². The molecule has 2 heterocycles. The van der Waals surface area contributed by atoms with Crippen molar-refractivity contribution < 1.29 is 28.9 Å². The maximum absolute atomic E-state index is 12.9. The van der Waals surface area contributed by atoms with Crippen LogP contribution in [0.3, 0.4) is 0 Å². The molecule has 1 saturated heterocycles. The van der Waals surface area contributed by atoms with Crippen molar-refractivity contribution in [2.45, 2.75) is 57.6 Å². The summed E-state index contributed by atoms with van der Waals surface area (Å²) in [5.74, 6) is -0.503. The highest BCUT2D eigenvalue weighted by Gasteiger charge is 2.39. The van der Waals surface area contributed by atoms with Crippen molar-refractivity contribution in [2.75, 3.05) is 7.11 Å². The molecule has 6 aromatic rings. The van der Waals surface area contributed by atoms with E-state index < -0.39 is 24.3 Å². The first kappa shape index (κ1) is 36.5. The zero-order valence-electron chi connectivity index (χ0n) is 30.3. The lowest BCUT2D eigenvalue weighted by atomic mass is 9.90. The maximum atomic E-state index is 12.9. The van der Waals surface area contributed by atoms with E-state index in [1.54, 1.807) is 0 Å². The van der Waals surface area contributed by atoms with Gasteiger partial charge in [0.2, 0.25) is 0 Å². The Kier molecular flexibility index (Phi) is 11.4. The fraction of sp³-hybridized carbons (Fsp3) is 0.250. The summed E-state index contributed by atoms with van der Waals surface area (Å²) in [5, 5.41) is 15.3. The number of carbonyl (C=O) groups excluding carboxylic acids is 2. The number of para-hydroxylation sites is 2. The van der Waals surface area contributed by atoms with Crippen molar-refractivity contribution >= 4 is 23.0 Å². The summed E-state index contributed by atoms with van der Waals surface area (Å²) in [6.45, 7) is 2.99. The first-order chi connectivity index (χ1) is 26.4. The quantitative estimate of drug-likeness (QED) is 0.114. The largest absolute Gasteiger partial charge is 0.467 e.